The second kappa shape index (κ2) is 8.34. The molecule has 0 aliphatic carbocycles. The molecule has 2 aromatic carbocycles. The summed E-state index contributed by atoms with van der Waals surface area (Å²) < 4.78 is 5.72. The number of aromatic hydroxyl groups is 1. The van der Waals surface area contributed by atoms with Crippen molar-refractivity contribution in [3.8, 4) is 17.6 Å². The molecule has 4 rings (SSSR count). The molecule has 2 aromatic heterocycles. The smallest absolute Gasteiger partial charge is 0.325 e. The fourth-order valence-electron chi connectivity index (χ4n) is 3.14. The van der Waals surface area contributed by atoms with Crippen molar-refractivity contribution in [1.82, 2.24) is 15.0 Å². The molecule has 4 aromatic rings. The van der Waals surface area contributed by atoms with Gasteiger partial charge in [0.15, 0.2) is 0 Å². The van der Waals surface area contributed by atoms with Gasteiger partial charge in [0, 0.05) is 24.6 Å². The molecule has 3 N–H and O–H groups in total. The minimum atomic E-state index is -0.138. The van der Waals surface area contributed by atoms with E-state index in [4.69, 9.17) is 10.5 Å². The Morgan fingerprint density at radius 1 is 1.00 bits per heavy atom. The normalized spacial score (nSPS) is 12.0. The molecule has 0 saturated heterocycles. The molecule has 152 valence electrons. The first-order valence-electron chi connectivity index (χ1n) is 9.67. The van der Waals surface area contributed by atoms with Crippen LogP contribution in [0.25, 0.3) is 10.9 Å². The molecule has 1 unspecified atom stereocenters. The monoisotopic (exact) mass is 401 g/mol. The minimum absolute atomic E-state index is 0.0683. The van der Waals surface area contributed by atoms with Crippen LogP contribution in [0.1, 0.15) is 18.4 Å². The molecule has 0 amide bonds. The minimum Gasteiger partial charge on any atom is -0.493 e. The van der Waals surface area contributed by atoms with Gasteiger partial charge in [-0.1, -0.05) is 19.1 Å². The third-order valence-electron chi connectivity index (χ3n) is 5.09. The summed E-state index contributed by atoms with van der Waals surface area (Å²) in [6, 6.07) is 17.7. The number of nitrogens with two attached hydrogens (primary N) is 1. The topological polar surface area (TPSA) is 97.4 Å². The quantitative estimate of drug-likeness (QED) is 0.495. The van der Waals surface area contributed by atoms with Crippen molar-refractivity contribution in [1.29, 1.82) is 0 Å². The lowest BCUT2D eigenvalue weighted by atomic mass is 10.0. The lowest BCUT2D eigenvalue weighted by Crippen LogP contribution is -2.11. The average Bonchev–Trinajstić information content (AvgIpc) is 2.79. The van der Waals surface area contributed by atoms with E-state index in [0.29, 0.717) is 29.1 Å². The summed E-state index contributed by atoms with van der Waals surface area (Å²) in [5.41, 5.74) is 9.58. The molecule has 2 heterocycles. The van der Waals surface area contributed by atoms with Gasteiger partial charge in [0.2, 0.25) is 5.88 Å². The maximum atomic E-state index is 10.1. The van der Waals surface area contributed by atoms with E-state index in [1.165, 1.54) is 5.56 Å². The van der Waals surface area contributed by atoms with E-state index in [2.05, 4.69) is 51.0 Å². The summed E-state index contributed by atoms with van der Waals surface area (Å²) in [4.78, 5) is 14.4. The number of aromatic nitrogens is 3. The first-order chi connectivity index (χ1) is 14.5. The van der Waals surface area contributed by atoms with Gasteiger partial charge in [-0.3, -0.25) is 4.98 Å². The molecular weight excluding hydrogens is 378 g/mol. The van der Waals surface area contributed by atoms with E-state index < -0.39 is 0 Å². The molecule has 7 nitrogen and oxygen atoms in total. The second-order valence-electron chi connectivity index (χ2n) is 7.11. The van der Waals surface area contributed by atoms with Crippen LogP contribution in [0.3, 0.4) is 0 Å². The highest BCUT2D eigenvalue weighted by atomic mass is 16.5. The molecule has 30 heavy (non-hydrogen) atoms. The Balaban J connectivity index is 1.50. The van der Waals surface area contributed by atoms with Gasteiger partial charge in [-0.2, -0.15) is 9.97 Å². The zero-order valence-electron chi connectivity index (χ0n) is 16.9. The highest BCUT2D eigenvalue weighted by Gasteiger charge is 2.10. The lowest BCUT2D eigenvalue weighted by Gasteiger charge is -2.20. The van der Waals surface area contributed by atoms with Gasteiger partial charge < -0.3 is 20.5 Å². The van der Waals surface area contributed by atoms with Crippen LogP contribution in [0.2, 0.25) is 0 Å². The summed E-state index contributed by atoms with van der Waals surface area (Å²) in [6.07, 6.45) is 3.13. The van der Waals surface area contributed by atoms with Gasteiger partial charge in [0.1, 0.15) is 5.75 Å². The maximum Gasteiger partial charge on any atom is 0.325 e. The molecule has 0 spiro atoms. The summed E-state index contributed by atoms with van der Waals surface area (Å²) in [5.74, 6) is 0.774. The van der Waals surface area contributed by atoms with E-state index in [0.717, 1.165) is 11.4 Å². The van der Waals surface area contributed by atoms with Crippen molar-refractivity contribution in [2.24, 2.45) is 5.73 Å². The Bertz CT molecular complexity index is 1150. The predicted octanol–water partition coefficient (Wildman–Crippen LogP) is 4.35. The van der Waals surface area contributed by atoms with Gasteiger partial charge in [0.25, 0.3) is 0 Å². The van der Waals surface area contributed by atoms with E-state index in [9.17, 15) is 5.11 Å². The Morgan fingerprint density at radius 3 is 2.33 bits per heavy atom. The van der Waals surface area contributed by atoms with Crippen LogP contribution in [0.4, 0.5) is 11.4 Å². The number of hydrogen-bond acceptors (Lipinski definition) is 7. The van der Waals surface area contributed by atoms with Crippen LogP contribution in [0, 0.1) is 0 Å². The van der Waals surface area contributed by atoms with Crippen LogP contribution >= 0.6 is 0 Å². The number of benzene rings is 2. The zero-order valence-corrected chi connectivity index (χ0v) is 16.9. The zero-order chi connectivity index (χ0) is 21.1. The Kier molecular flexibility index (Phi) is 5.45. The molecule has 0 saturated carbocycles. The molecule has 7 heteroatoms. The highest BCUT2D eigenvalue weighted by Crippen LogP contribution is 2.29. The number of anilines is 2. The number of nitrogens with zero attached hydrogens (tertiary/aromatic N) is 4. The van der Waals surface area contributed by atoms with Crippen molar-refractivity contribution in [3.05, 3.63) is 72.6 Å². The molecule has 0 aliphatic heterocycles. The largest absolute Gasteiger partial charge is 0.493 e. The number of hydrogen-bond donors (Lipinski definition) is 2. The van der Waals surface area contributed by atoms with Crippen molar-refractivity contribution < 1.29 is 9.84 Å². The highest BCUT2D eigenvalue weighted by molar-refractivity contribution is 5.82. The lowest BCUT2D eigenvalue weighted by molar-refractivity contribution is 0.412. The third kappa shape index (κ3) is 4.01. The first kappa shape index (κ1) is 19.6. The van der Waals surface area contributed by atoms with E-state index in [-0.39, 0.29) is 11.9 Å². The Labute approximate surface area is 174 Å². The maximum absolute atomic E-state index is 10.1. The fourth-order valence-corrected chi connectivity index (χ4v) is 3.14. The molecule has 0 bridgehead atoms. The summed E-state index contributed by atoms with van der Waals surface area (Å²) in [7, 11) is 2.01. The summed E-state index contributed by atoms with van der Waals surface area (Å²) in [5, 5.41) is 10.6. The third-order valence-corrected chi connectivity index (χ3v) is 5.09. The van der Waals surface area contributed by atoms with Gasteiger partial charge in [-0.05, 0) is 60.5 Å². The number of ether oxygens (including phenoxy) is 1. The van der Waals surface area contributed by atoms with Crippen LogP contribution in [-0.4, -0.2) is 33.7 Å². The van der Waals surface area contributed by atoms with Gasteiger partial charge in [-0.25, -0.2) is 0 Å². The molecule has 1 atom stereocenters. The standard InChI is InChI=1S/C23H23N5O2/c1-15(13-24)16-3-5-17(6-4-16)28(2)18-7-9-19(10-8-18)30-23-26-21-14-25-12-11-20(21)22(29)27-23/h3-12,14-15H,13,24H2,1-2H3,(H,26,27,29). The van der Waals surface area contributed by atoms with Crippen LogP contribution < -0.4 is 15.4 Å². The SMILES string of the molecule is CC(CN)c1ccc(N(C)c2ccc(Oc3nc(O)c4ccncc4n3)cc2)cc1. The van der Waals surface area contributed by atoms with E-state index in [1.54, 1.807) is 18.5 Å². The Hall–Kier alpha value is -3.71. The molecule has 0 radical (unpaired) electrons. The van der Waals surface area contributed by atoms with Crippen molar-refractivity contribution in [2.45, 2.75) is 12.8 Å². The number of fused-ring (bicyclic) bond motifs is 1. The number of pyridine rings is 1. The fraction of sp³-hybridized carbons (Fsp3) is 0.174. The Morgan fingerprint density at radius 2 is 1.67 bits per heavy atom. The second-order valence-corrected chi connectivity index (χ2v) is 7.11. The molecule has 0 fully saturated rings. The van der Waals surface area contributed by atoms with E-state index >= 15 is 0 Å². The van der Waals surface area contributed by atoms with E-state index in [1.807, 2.05) is 31.3 Å². The summed E-state index contributed by atoms with van der Waals surface area (Å²) >= 11 is 0. The average molecular weight is 401 g/mol. The first-order valence-corrected chi connectivity index (χ1v) is 9.67. The van der Waals surface area contributed by atoms with Crippen molar-refractivity contribution >= 4 is 22.3 Å². The van der Waals surface area contributed by atoms with Crippen LogP contribution in [0.5, 0.6) is 17.6 Å². The van der Waals surface area contributed by atoms with Gasteiger partial charge in [0.05, 0.1) is 17.1 Å². The van der Waals surface area contributed by atoms with Crippen molar-refractivity contribution in [2.75, 3.05) is 18.5 Å². The van der Waals surface area contributed by atoms with Crippen molar-refractivity contribution in [3.63, 3.8) is 0 Å². The van der Waals surface area contributed by atoms with Crippen LogP contribution in [-0.2, 0) is 0 Å². The summed E-state index contributed by atoms with van der Waals surface area (Å²) in [6.45, 7) is 2.75. The molecule has 0 aliphatic rings. The molecular formula is C23H23N5O2. The van der Waals surface area contributed by atoms with Gasteiger partial charge >= 0.3 is 6.01 Å². The predicted molar refractivity (Wildman–Crippen MR) is 117 cm³/mol. The van der Waals surface area contributed by atoms with Gasteiger partial charge in [-0.15, -0.1) is 0 Å². The van der Waals surface area contributed by atoms with Crippen LogP contribution in [0.15, 0.2) is 67.0 Å². The number of rotatable bonds is 6.